The number of hydrogen-bond donors (Lipinski definition) is 1. The first kappa shape index (κ1) is 16.3. The molecule has 118 valence electrons. The van der Waals surface area contributed by atoms with Crippen LogP contribution in [0.4, 0.5) is 13.2 Å². The molecule has 1 aliphatic rings. The first-order chi connectivity index (χ1) is 9.98. The largest absolute Gasteiger partial charge is 0.390 e. The fourth-order valence-corrected chi connectivity index (χ4v) is 3.29. The average Bonchev–Trinajstić information content (AvgIpc) is 2.46. The first-order valence-corrected chi connectivity index (χ1v) is 7.85. The molecule has 1 aromatic rings. The molecule has 0 saturated heterocycles. The van der Waals surface area contributed by atoms with Gasteiger partial charge in [-0.1, -0.05) is 56.5 Å². The van der Waals surface area contributed by atoms with E-state index in [1.165, 1.54) is 6.42 Å². The van der Waals surface area contributed by atoms with Crippen molar-refractivity contribution < 1.29 is 13.2 Å². The Hall–Kier alpha value is -1.03. The summed E-state index contributed by atoms with van der Waals surface area (Å²) in [5.74, 6) is 0.651. The maximum absolute atomic E-state index is 12.8. The standard InChI is InChI=1S/C17H24F3N/c1-2-13-7-6-10-15(11-13)21-16(12-17(18,19)20)14-8-4-3-5-9-14/h3-5,8-9,13,15-16,21H,2,6-7,10-12H2,1H3. The second-order valence-electron chi connectivity index (χ2n) is 6.09. The van der Waals surface area contributed by atoms with Crippen molar-refractivity contribution in [1.29, 1.82) is 0 Å². The van der Waals surface area contributed by atoms with Gasteiger partial charge in [0.15, 0.2) is 0 Å². The van der Waals surface area contributed by atoms with Gasteiger partial charge in [0.2, 0.25) is 0 Å². The lowest BCUT2D eigenvalue weighted by Gasteiger charge is -2.33. The molecule has 0 spiro atoms. The minimum atomic E-state index is -4.15. The van der Waals surface area contributed by atoms with Crippen LogP contribution in [0.25, 0.3) is 0 Å². The molecule has 3 unspecified atom stereocenters. The predicted octanol–water partition coefficient (Wildman–Crippen LogP) is 5.24. The van der Waals surface area contributed by atoms with Crippen LogP contribution in [-0.2, 0) is 0 Å². The maximum Gasteiger partial charge on any atom is 0.390 e. The Kier molecular flexibility index (Phi) is 5.68. The molecule has 3 atom stereocenters. The van der Waals surface area contributed by atoms with Crippen LogP contribution < -0.4 is 5.32 Å². The molecule has 1 saturated carbocycles. The molecule has 1 aromatic carbocycles. The van der Waals surface area contributed by atoms with E-state index in [9.17, 15) is 13.2 Å². The molecule has 0 aromatic heterocycles. The molecular weight excluding hydrogens is 275 g/mol. The average molecular weight is 299 g/mol. The normalized spacial score (nSPS) is 24.8. The van der Waals surface area contributed by atoms with E-state index in [-0.39, 0.29) is 6.04 Å². The van der Waals surface area contributed by atoms with Gasteiger partial charge in [-0.3, -0.25) is 0 Å². The van der Waals surface area contributed by atoms with Gasteiger partial charge in [0.25, 0.3) is 0 Å². The van der Waals surface area contributed by atoms with E-state index < -0.39 is 18.6 Å². The fraction of sp³-hybridized carbons (Fsp3) is 0.647. The highest BCUT2D eigenvalue weighted by atomic mass is 19.4. The van der Waals surface area contributed by atoms with E-state index >= 15 is 0 Å². The van der Waals surface area contributed by atoms with Crippen molar-refractivity contribution in [3.63, 3.8) is 0 Å². The Morgan fingerprint density at radius 3 is 2.52 bits per heavy atom. The Balaban J connectivity index is 2.05. The van der Waals surface area contributed by atoms with Gasteiger partial charge in [0.1, 0.15) is 0 Å². The molecule has 21 heavy (non-hydrogen) atoms. The Morgan fingerprint density at radius 1 is 1.19 bits per heavy atom. The molecule has 0 aliphatic heterocycles. The van der Waals surface area contributed by atoms with Gasteiger partial charge in [0.05, 0.1) is 6.42 Å². The van der Waals surface area contributed by atoms with Gasteiger partial charge >= 0.3 is 6.18 Å². The highest BCUT2D eigenvalue weighted by Gasteiger charge is 2.34. The van der Waals surface area contributed by atoms with Crippen LogP contribution in [0.3, 0.4) is 0 Å². The molecule has 0 amide bonds. The van der Waals surface area contributed by atoms with Gasteiger partial charge in [-0.25, -0.2) is 0 Å². The molecule has 1 aliphatic carbocycles. The zero-order valence-electron chi connectivity index (χ0n) is 12.5. The van der Waals surface area contributed by atoms with E-state index in [1.54, 1.807) is 24.3 Å². The van der Waals surface area contributed by atoms with E-state index in [2.05, 4.69) is 12.2 Å². The van der Waals surface area contributed by atoms with Crippen LogP contribution >= 0.6 is 0 Å². The molecule has 4 heteroatoms. The highest BCUT2D eigenvalue weighted by molar-refractivity contribution is 5.19. The number of hydrogen-bond acceptors (Lipinski definition) is 1. The maximum atomic E-state index is 12.8. The molecule has 1 nitrogen and oxygen atoms in total. The summed E-state index contributed by atoms with van der Waals surface area (Å²) in [6.45, 7) is 2.16. The van der Waals surface area contributed by atoms with E-state index in [4.69, 9.17) is 0 Å². The number of alkyl halides is 3. The number of benzene rings is 1. The van der Waals surface area contributed by atoms with Crippen LogP contribution in [0, 0.1) is 5.92 Å². The Bertz CT molecular complexity index is 416. The lowest BCUT2D eigenvalue weighted by Crippen LogP contribution is -2.38. The highest BCUT2D eigenvalue weighted by Crippen LogP contribution is 2.33. The monoisotopic (exact) mass is 299 g/mol. The number of nitrogens with one attached hydrogen (secondary N) is 1. The first-order valence-electron chi connectivity index (χ1n) is 7.85. The summed E-state index contributed by atoms with van der Waals surface area (Å²) in [6.07, 6.45) is 0.479. The second kappa shape index (κ2) is 7.30. The summed E-state index contributed by atoms with van der Waals surface area (Å²) in [5.41, 5.74) is 0.730. The Labute approximate surface area is 124 Å². The van der Waals surface area contributed by atoms with Crippen molar-refractivity contribution in [3.05, 3.63) is 35.9 Å². The van der Waals surface area contributed by atoms with Gasteiger partial charge in [-0.15, -0.1) is 0 Å². The zero-order chi connectivity index (χ0) is 15.3. The van der Waals surface area contributed by atoms with E-state index in [0.29, 0.717) is 5.92 Å². The number of halogens is 3. The van der Waals surface area contributed by atoms with E-state index in [0.717, 1.165) is 31.2 Å². The van der Waals surface area contributed by atoms with E-state index in [1.807, 2.05) is 6.07 Å². The molecule has 0 radical (unpaired) electrons. The topological polar surface area (TPSA) is 12.0 Å². The van der Waals surface area contributed by atoms with Gasteiger partial charge in [-0.05, 0) is 24.3 Å². The van der Waals surface area contributed by atoms with Crippen LogP contribution in [0.1, 0.15) is 57.1 Å². The van der Waals surface area contributed by atoms with Gasteiger partial charge < -0.3 is 5.32 Å². The van der Waals surface area contributed by atoms with Crippen LogP contribution in [0.2, 0.25) is 0 Å². The van der Waals surface area contributed by atoms with Crippen molar-refractivity contribution in [1.82, 2.24) is 5.32 Å². The molecular formula is C17H24F3N. The lowest BCUT2D eigenvalue weighted by atomic mass is 9.83. The summed E-state index contributed by atoms with van der Waals surface area (Å²) >= 11 is 0. The fourth-order valence-electron chi connectivity index (χ4n) is 3.29. The third kappa shape index (κ3) is 5.34. The smallest absolute Gasteiger partial charge is 0.307 e. The van der Waals surface area contributed by atoms with Crippen molar-refractivity contribution in [2.75, 3.05) is 0 Å². The van der Waals surface area contributed by atoms with Gasteiger partial charge in [0, 0.05) is 12.1 Å². The molecule has 0 heterocycles. The van der Waals surface area contributed by atoms with Crippen LogP contribution in [0.15, 0.2) is 30.3 Å². The SMILES string of the molecule is CCC1CCCC(NC(CC(F)(F)F)c2ccccc2)C1. The third-order valence-corrected chi connectivity index (χ3v) is 4.43. The summed E-state index contributed by atoms with van der Waals surface area (Å²) in [5, 5.41) is 3.27. The Morgan fingerprint density at radius 2 is 1.90 bits per heavy atom. The zero-order valence-corrected chi connectivity index (χ0v) is 12.5. The third-order valence-electron chi connectivity index (χ3n) is 4.43. The number of rotatable bonds is 5. The van der Waals surface area contributed by atoms with Crippen LogP contribution in [0.5, 0.6) is 0 Å². The quantitative estimate of drug-likeness (QED) is 0.784. The van der Waals surface area contributed by atoms with Crippen molar-refractivity contribution in [2.45, 2.75) is 63.7 Å². The summed E-state index contributed by atoms with van der Waals surface area (Å²) in [6, 6.07) is 8.57. The molecule has 0 bridgehead atoms. The molecule has 1 N–H and O–H groups in total. The minimum absolute atomic E-state index is 0.205. The van der Waals surface area contributed by atoms with Crippen LogP contribution in [-0.4, -0.2) is 12.2 Å². The van der Waals surface area contributed by atoms with Crippen molar-refractivity contribution >= 4 is 0 Å². The summed E-state index contributed by atoms with van der Waals surface area (Å²) < 4.78 is 38.5. The molecule has 2 rings (SSSR count). The summed E-state index contributed by atoms with van der Waals surface area (Å²) in [7, 11) is 0. The minimum Gasteiger partial charge on any atom is -0.307 e. The van der Waals surface area contributed by atoms with Crippen molar-refractivity contribution in [3.8, 4) is 0 Å². The predicted molar refractivity (Wildman–Crippen MR) is 79.0 cm³/mol. The summed E-state index contributed by atoms with van der Waals surface area (Å²) in [4.78, 5) is 0. The van der Waals surface area contributed by atoms with Crippen molar-refractivity contribution in [2.24, 2.45) is 5.92 Å². The lowest BCUT2D eigenvalue weighted by molar-refractivity contribution is -0.141. The van der Waals surface area contributed by atoms with Gasteiger partial charge in [-0.2, -0.15) is 13.2 Å². The molecule has 1 fully saturated rings. The second-order valence-corrected chi connectivity index (χ2v) is 6.09.